The first-order chi connectivity index (χ1) is 13.3. The summed E-state index contributed by atoms with van der Waals surface area (Å²) in [5.41, 5.74) is 2.30. The van der Waals surface area contributed by atoms with Gasteiger partial charge in [-0.05, 0) is 30.9 Å². The van der Waals surface area contributed by atoms with E-state index in [1.165, 1.54) is 0 Å². The molecule has 3 N–H and O–H groups in total. The van der Waals surface area contributed by atoms with E-state index in [4.69, 9.17) is 0 Å². The number of aliphatic hydroxyl groups excluding tert-OH is 1. The average molecular weight is 384 g/mol. The predicted molar refractivity (Wildman–Crippen MR) is 111 cm³/mol. The molecule has 0 amide bonds. The minimum Gasteiger partial charge on any atom is -0.391 e. The molecule has 28 heavy (non-hydrogen) atoms. The Hall–Kier alpha value is -2.74. The van der Waals surface area contributed by atoms with Crippen LogP contribution in [0.25, 0.3) is 11.2 Å². The van der Waals surface area contributed by atoms with Crippen molar-refractivity contribution < 1.29 is 5.11 Å². The van der Waals surface area contributed by atoms with Gasteiger partial charge in [0.2, 0.25) is 5.95 Å². The molecule has 0 saturated carbocycles. The van der Waals surface area contributed by atoms with Gasteiger partial charge in [-0.1, -0.05) is 26.8 Å². The minimum absolute atomic E-state index is 0.221. The highest BCUT2D eigenvalue weighted by atomic mass is 16.3. The average Bonchev–Trinajstić information content (AvgIpc) is 3.08. The molecule has 0 aromatic carbocycles. The lowest BCUT2D eigenvalue weighted by Crippen LogP contribution is -2.33. The lowest BCUT2D eigenvalue weighted by molar-refractivity contribution is 0.0744. The first-order valence-electron chi connectivity index (χ1n) is 9.55. The fourth-order valence-corrected chi connectivity index (χ4v) is 2.68. The maximum atomic E-state index is 10.3. The number of imidazole rings is 1. The van der Waals surface area contributed by atoms with Gasteiger partial charge >= 0.3 is 0 Å². The van der Waals surface area contributed by atoms with Crippen LogP contribution in [0.15, 0.2) is 30.9 Å². The zero-order valence-electron chi connectivity index (χ0n) is 17.1. The van der Waals surface area contributed by atoms with Crippen molar-refractivity contribution >= 4 is 22.9 Å². The van der Waals surface area contributed by atoms with Gasteiger partial charge in [0.05, 0.1) is 12.4 Å². The number of pyridine rings is 1. The Bertz CT molecular complexity index is 915. The predicted octanol–water partition coefficient (Wildman–Crippen LogP) is 3.23. The normalized spacial score (nSPS) is 13.1. The number of aliphatic hydroxyl groups is 1. The molecule has 0 aliphatic heterocycles. The zero-order valence-corrected chi connectivity index (χ0v) is 17.1. The molecular weight excluding hydrogens is 354 g/mol. The van der Waals surface area contributed by atoms with Crippen LogP contribution in [-0.2, 0) is 6.54 Å². The van der Waals surface area contributed by atoms with Gasteiger partial charge in [-0.15, -0.1) is 0 Å². The SMILES string of the molecule is CC(C)n1cnc2c(NCc3cccnc3)nc(NCC(O)C(C)(C)C)nc21. The summed E-state index contributed by atoms with van der Waals surface area (Å²) in [6.07, 6.45) is 4.83. The van der Waals surface area contributed by atoms with Crippen LogP contribution in [0.2, 0.25) is 0 Å². The third kappa shape index (κ3) is 4.56. The van der Waals surface area contributed by atoms with E-state index in [1.54, 1.807) is 12.5 Å². The van der Waals surface area contributed by atoms with Crippen LogP contribution < -0.4 is 10.6 Å². The fourth-order valence-electron chi connectivity index (χ4n) is 2.68. The summed E-state index contributed by atoms with van der Waals surface area (Å²) in [7, 11) is 0. The Morgan fingerprint density at radius 3 is 2.61 bits per heavy atom. The Balaban J connectivity index is 1.89. The lowest BCUT2D eigenvalue weighted by Gasteiger charge is -2.26. The highest BCUT2D eigenvalue weighted by Crippen LogP contribution is 2.24. The van der Waals surface area contributed by atoms with Crippen molar-refractivity contribution in [1.29, 1.82) is 0 Å². The molecule has 3 rings (SSSR count). The van der Waals surface area contributed by atoms with Crippen LogP contribution >= 0.6 is 0 Å². The Labute approximate surface area is 165 Å². The molecule has 0 spiro atoms. The number of nitrogens with one attached hydrogen (secondary N) is 2. The molecule has 3 aromatic rings. The van der Waals surface area contributed by atoms with Gasteiger partial charge in [-0.3, -0.25) is 4.98 Å². The topological polar surface area (TPSA) is 101 Å². The quantitative estimate of drug-likeness (QED) is 0.576. The molecule has 3 heterocycles. The third-order valence-electron chi connectivity index (χ3n) is 4.61. The first-order valence-corrected chi connectivity index (χ1v) is 9.55. The Morgan fingerprint density at radius 1 is 1.18 bits per heavy atom. The molecule has 8 heteroatoms. The molecule has 3 aromatic heterocycles. The summed E-state index contributed by atoms with van der Waals surface area (Å²) >= 11 is 0. The first kappa shape index (κ1) is 20.0. The summed E-state index contributed by atoms with van der Waals surface area (Å²) < 4.78 is 2.01. The molecule has 0 aliphatic rings. The largest absolute Gasteiger partial charge is 0.391 e. The summed E-state index contributed by atoms with van der Waals surface area (Å²) in [6.45, 7) is 11.1. The maximum absolute atomic E-state index is 10.3. The summed E-state index contributed by atoms with van der Waals surface area (Å²) in [5, 5.41) is 16.8. The summed E-state index contributed by atoms with van der Waals surface area (Å²) in [5.74, 6) is 1.12. The highest BCUT2D eigenvalue weighted by Gasteiger charge is 2.22. The van der Waals surface area contributed by atoms with E-state index in [2.05, 4.69) is 44.4 Å². The van der Waals surface area contributed by atoms with Crippen molar-refractivity contribution in [1.82, 2.24) is 24.5 Å². The number of rotatable bonds is 7. The van der Waals surface area contributed by atoms with E-state index < -0.39 is 6.10 Å². The summed E-state index contributed by atoms with van der Waals surface area (Å²) in [4.78, 5) is 17.9. The van der Waals surface area contributed by atoms with Crippen molar-refractivity contribution in [2.75, 3.05) is 17.2 Å². The molecule has 150 valence electrons. The van der Waals surface area contributed by atoms with Gasteiger partial charge in [0.1, 0.15) is 0 Å². The molecule has 8 nitrogen and oxygen atoms in total. The number of fused-ring (bicyclic) bond motifs is 1. The van der Waals surface area contributed by atoms with Crippen molar-refractivity contribution in [3.8, 4) is 0 Å². The van der Waals surface area contributed by atoms with E-state index >= 15 is 0 Å². The van der Waals surface area contributed by atoms with Crippen LogP contribution in [0.5, 0.6) is 0 Å². The number of nitrogens with zero attached hydrogens (tertiary/aromatic N) is 5. The molecule has 1 unspecified atom stereocenters. The second-order valence-corrected chi connectivity index (χ2v) is 8.29. The van der Waals surface area contributed by atoms with Gasteiger partial charge in [0, 0.05) is 31.5 Å². The Morgan fingerprint density at radius 2 is 1.96 bits per heavy atom. The molecule has 0 fully saturated rings. The van der Waals surface area contributed by atoms with Crippen LogP contribution in [-0.4, -0.2) is 42.3 Å². The van der Waals surface area contributed by atoms with E-state index in [1.807, 2.05) is 43.7 Å². The second-order valence-electron chi connectivity index (χ2n) is 8.29. The standard InChI is InChI=1S/C20H29N7O/c1-13(2)27-12-24-16-17(22-10-14-7-6-8-21-9-14)25-19(26-18(16)27)23-11-15(28)20(3,4)5/h6-9,12-13,15,28H,10-11H2,1-5H3,(H2,22,23,25,26). The highest BCUT2D eigenvalue weighted by molar-refractivity contribution is 5.84. The monoisotopic (exact) mass is 383 g/mol. The molecule has 0 radical (unpaired) electrons. The van der Waals surface area contributed by atoms with E-state index in [0.717, 1.165) is 16.7 Å². The van der Waals surface area contributed by atoms with E-state index in [0.29, 0.717) is 24.9 Å². The lowest BCUT2D eigenvalue weighted by atomic mass is 9.89. The van der Waals surface area contributed by atoms with Crippen LogP contribution in [0.1, 0.15) is 46.2 Å². The van der Waals surface area contributed by atoms with Gasteiger partial charge in [-0.2, -0.15) is 9.97 Å². The van der Waals surface area contributed by atoms with Crippen LogP contribution in [0.4, 0.5) is 11.8 Å². The van der Waals surface area contributed by atoms with Gasteiger partial charge in [0.15, 0.2) is 17.0 Å². The summed E-state index contributed by atoms with van der Waals surface area (Å²) in [6, 6.07) is 4.13. The number of aromatic nitrogens is 5. The Kier molecular flexibility index (Phi) is 5.79. The zero-order chi connectivity index (χ0) is 20.3. The third-order valence-corrected chi connectivity index (χ3v) is 4.61. The van der Waals surface area contributed by atoms with Crippen LogP contribution in [0, 0.1) is 5.41 Å². The number of hydrogen-bond donors (Lipinski definition) is 3. The fraction of sp³-hybridized carbons (Fsp3) is 0.500. The van der Waals surface area contributed by atoms with Crippen molar-refractivity contribution in [2.45, 2.75) is 53.3 Å². The number of hydrogen-bond acceptors (Lipinski definition) is 7. The van der Waals surface area contributed by atoms with Crippen molar-refractivity contribution in [3.05, 3.63) is 36.4 Å². The van der Waals surface area contributed by atoms with Crippen LogP contribution in [0.3, 0.4) is 0 Å². The van der Waals surface area contributed by atoms with Crippen molar-refractivity contribution in [3.63, 3.8) is 0 Å². The van der Waals surface area contributed by atoms with Crippen molar-refractivity contribution in [2.24, 2.45) is 5.41 Å². The maximum Gasteiger partial charge on any atom is 0.226 e. The second kappa shape index (κ2) is 8.10. The van der Waals surface area contributed by atoms with Gasteiger partial charge in [-0.25, -0.2) is 4.98 Å². The molecular formula is C20H29N7O. The minimum atomic E-state index is -0.520. The van der Waals surface area contributed by atoms with Gasteiger partial charge in [0.25, 0.3) is 0 Å². The molecule has 1 atom stereocenters. The van der Waals surface area contributed by atoms with E-state index in [9.17, 15) is 5.11 Å². The molecule has 0 bridgehead atoms. The molecule has 0 aliphatic carbocycles. The smallest absolute Gasteiger partial charge is 0.226 e. The molecule has 0 saturated heterocycles. The van der Waals surface area contributed by atoms with Gasteiger partial charge < -0.3 is 20.3 Å². The van der Waals surface area contributed by atoms with E-state index in [-0.39, 0.29) is 11.5 Å². The number of anilines is 2.